The summed E-state index contributed by atoms with van der Waals surface area (Å²) in [6.07, 6.45) is 3.48. The van der Waals surface area contributed by atoms with Crippen molar-refractivity contribution in [2.45, 2.75) is 6.54 Å². The van der Waals surface area contributed by atoms with E-state index in [0.29, 0.717) is 5.56 Å². The second-order valence-electron chi connectivity index (χ2n) is 7.39. The normalized spacial score (nSPS) is 14.0. The minimum Gasteiger partial charge on any atom is -0.369 e. The van der Waals surface area contributed by atoms with Crippen molar-refractivity contribution in [3.63, 3.8) is 0 Å². The van der Waals surface area contributed by atoms with Crippen LogP contribution in [0, 0.1) is 0 Å². The number of aromatic nitrogens is 1. The second-order valence-corrected chi connectivity index (χ2v) is 7.39. The Balaban J connectivity index is 1.40. The predicted molar refractivity (Wildman–Crippen MR) is 117 cm³/mol. The lowest BCUT2D eigenvalue weighted by molar-refractivity contribution is 0.0746. The van der Waals surface area contributed by atoms with Crippen molar-refractivity contribution in [3.05, 3.63) is 90.3 Å². The average molecular weight is 386 g/mol. The minimum atomic E-state index is 0.0557. The van der Waals surface area contributed by atoms with E-state index in [1.165, 1.54) is 11.3 Å². The third-order valence-electron chi connectivity index (χ3n) is 5.36. The van der Waals surface area contributed by atoms with Crippen molar-refractivity contribution >= 4 is 17.3 Å². The topological polar surface area (TPSA) is 39.7 Å². The van der Waals surface area contributed by atoms with Gasteiger partial charge in [-0.15, -0.1) is 0 Å². The molecule has 0 bridgehead atoms. The molecule has 5 heteroatoms. The first-order chi connectivity index (χ1) is 14.2. The first-order valence-electron chi connectivity index (χ1n) is 10.00. The molecule has 1 aliphatic rings. The Morgan fingerprint density at radius 3 is 2.28 bits per heavy atom. The molecular formula is C24H26N4O. The quantitative estimate of drug-likeness (QED) is 0.671. The van der Waals surface area contributed by atoms with Gasteiger partial charge in [-0.2, -0.15) is 0 Å². The second kappa shape index (κ2) is 8.78. The van der Waals surface area contributed by atoms with E-state index in [4.69, 9.17) is 0 Å². The van der Waals surface area contributed by atoms with Gasteiger partial charge in [0, 0.05) is 51.7 Å². The van der Waals surface area contributed by atoms with Gasteiger partial charge in [0.05, 0.1) is 17.4 Å². The van der Waals surface area contributed by atoms with Crippen LogP contribution in [0.3, 0.4) is 0 Å². The lowest BCUT2D eigenvalue weighted by Gasteiger charge is -2.36. The van der Waals surface area contributed by atoms with E-state index in [0.717, 1.165) is 38.4 Å². The zero-order chi connectivity index (χ0) is 20.1. The number of carbonyl (C=O) groups excluding carboxylic acids is 1. The number of benzene rings is 2. The van der Waals surface area contributed by atoms with Crippen molar-refractivity contribution in [3.8, 4) is 0 Å². The summed E-state index contributed by atoms with van der Waals surface area (Å²) in [4.78, 5) is 23.7. The van der Waals surface area contributed by atoms with Crippen LogP contribution >= 0.6 is 0 Å². The molecule has 0 atom stereocenters. The molecule has 0 spiro atoms. The molecule has 148 valence electrons. The lowest BCUT2D eigenvalue weighted by Crippen LogP contribution is -2.48. The van der Waals surface area contributed by atoms with E-state index >= 15 is 0 Å². The van der Waals surface area contributed by atoms with Crippen molar-refractivity contribution < 1.29 is 4.79 Å². The predicted octanol–water partition coefficient (Wildman–Crippen LogP) is 3.68. The van der Waals surface area contributed by atoms with E-state index in [1.54, 1.807) is 6.20 Å². The molecule has 0 aliphatic carbocycles. The molecule has 1 fully saturated rings. The molecule has 5 nitrogen and oxygen atoms in total. The number of rotatable bonds is 5. The zero-order valence-corrected chi connectivity index (χ0v) is 16.7. The summed E-state index contributed by atoms with van der Waals surface area (Å²) in [6, 6.07) is 22.6. The molecule has 1 amide bonds. The Morgan fingerprint density at radius 2 is 1.59 bits per heavy atom. The molecule has 1 aliphatic heterocycles. The number of pyridine rings is 1. The molecule has 1 aromatic heterocycles. The first-order valence-corrected chi connectivity index (χ1v) is 10.00. The largest absolute Gasteiger partial charge is 0.369 e. The molecule has 2 aromatic carbocycles. The monoisotopic (exact) mass is 386 g/mol. The summed E-state index contributed by atoms with van der Waals surface area (Å²) >= 11 is 0. The number of hydrogen-bond donors (Lipinski definition) is 0. The Morgan fingerprint density at radius 1 is 0.931 bits per heavy atom. The molecule has 0 radical (unpaired) electrons. The molecule has 1 saturated heterocycles. The number of piperazine rings is 1. The standard InChI is InChI=1S/C24H26N4O/c1-26(19-20-8-4-2-5-9-20)23-16-21(17-25-18-23)24(29)28-14-12-27(13-15-28)22-10-6-3-7-11-22/h2-11,16-18H,12-15,19H2,1H3. The van der Waals surface area contributed by atoms with Crippen LogP contribution in [0.5, 0.6) is 0 Å². The summed E-state index contributed by atoms with van der Waals surface area (Å²) in [7, 11) is 2.02. The SMILES string of the molecule is CN(Cc1ccccc1)c1cncc(C(=O)N2CCN(c3ccccc3)CC2)c1. The minimum absolute atomic E-state index is 0.0557. The van der Waals surface area contributed by atoms with Gasteiger partial charge >= 0.3 is 0 Å². The van der Waals surface area contributed by atoms with Crippen molar-refractivity contribution in [1.29, 1.82) is 0 Å². The van der Waals surface area contributed by atoms with Crippen LogP contribution in [-0.4, -0.2) is 49.0 Å². The Bertz CT molecular complexity index is 937. The zero-order valence-electron chi connectivity index (χ0n) is 16.7. The summed E-state index contributed by atoms with van der Waals surface area (Å²) in [5.41, 5.74) is 4.03. The summed E-state index contributed by atoms with van der Waals surface area (Å²) in [6.45, 7) is 3.90. The molecule has 29 heavy (non-hydrogen) atoms. The van der Waals surface area contributed by atoms with E-state index < -0.39 is 0 Å². The van der Waals surface area contributed by atoms with Gasteiger partial charge < -0.3 is 14.7 Å². The number of para-hydroxylation sites is 1. The number of hydrogen-bond acceptors (Lipinski definition) is 4. The number of amides is 1. The molecule has 0 unspecified atom stereocenters. The van der Waals surface area contributed by atoms with Crippen LogP contribution in [0.4, 0.5) is 11.4 Å². The van der Waals surface area contributed by atoms with Gasteiger partial charge in [0.1, 0.15) is 0 Å². The molecular weight excluding hydrogens is 360 g/mol. The molecule has 0 saturated carbocycles. The fraction of sp³-hybridized carbons (Fsp3) is 0.250. The van der Waals surface area contributed by atoms with Crippen molar-refractivity contribution in [1.82, 2.24) is 9.88 Å². The van der Waals surface area contributed by atoms with Crippen LogP contribution in [-0.2, 0) is 6.54 Å². The Hall–Kier alpha value is -3.34. The van der Waals surface area contributed by atoms with Crippen LogP contribution < -0.4 is 9.80 Å². The summed E-state index contributed by atoms with van der Waals surface area (Å²) in [5.74, 6) is 0.0557. The third-order valence-corrected chi connectivity index (χ3v) is 5.36. The Kier molecular flexibility index (Phi) is 5.75. The van der Waals surface area contributed by atoms with Crippen LogP contribution in [0.2, 0.25) is 0 Å². The van der Waals surface area contributed by atoms with Gasteiger partial charge in [0.2, 0.25) is 0 Å². The van der Waals surface area contributed by atoms with E-state index in [-0.39, 0.29) is 5.91 Å². The maximum Gasteiger partial charge on any atom is 0.255 e. The van der Waals surface area contributed by atoms with Crippen molar-refractivity contribution in [2.24, 2.45) is 0 Å². The molecule has 2 heterocycles. The fourth-order valence-electron chi connectivity index (χ4n) is 3.69. The van der Waals surface area contributed by atoms with Gasteiger partial charge in [-0.05, 0) is 23.8 Å². The maximum atomic E-state index is 13.0. The van der Waals surface area contributed by atoms with Gasteiger partial charge in [-0.1, -0.05) is 48.5 Å². The highest BCUT2D eigenvalue weighted by atomic mass is 16.2. The van der Waals surface area contributed by atoms with Crippen LogP contribution in [0.1, 0.15) is 15.9 Å². The smallest absolute Gasteiger partial charge is 0.255 e. The van der Waals surface area contributed by atoms with E-state index in [2.05, 4.69) is 51.2 Å². The fourth-order valence-corrected chi connectivity index (χ4v) is 3.69. The molecule has 4 rings (SSSR count). The van der Waals surface area contributed by atoms with Crippen molar-refractivity contribution in [2.75, 3.05) is 43.0 Å². The van der Waals surface area contributed by atoms with Gasteiger partial charge in [0.25, 0.3) is 5.91 Å². The average Bonchev–Trinajstić information content (AvgIpc) is 2.80. The highest BCUT2D eigenvalue weighted by Gasteiger charge is 2.23. The number of anilines is 2. The highest BCUT2D eigenvalue weighted by Crippen LogP contribution is 2.19. The highest BCUT2D eigenvalue weighted by molar-refractivity contribution is 5.95. The third kappa shape index (κ3) is 4.57. The Labute approximate surface area is 172 Å². The number of nitrogens with zero attached hydrogens (tertiary/aromatic N) is 4. The molecule has 0 N–H and O–H groups in total. The van der Waals surface area contributed by atoms with Gasteiger partial charge in [-0.25, -0.2) is 0 Å². The van der Waals surface area contributed by atoms with Gasteiger partial charge in [-0.3, -0.25) is 9.78 Å². The summed E-state index contributed by atoms with van der Waals surface area (Å²) in [5, 5.41) is 0. The van der Waals surface area contributed by atoms with Crippen LogP contribution in [0.15, 0.2) is 79.1 Å². The maximum absolute atomic E-state index is 13.0. The lowest BCUT2D eigenvalue weighted by atomic mass is 10.1. The molecule has 3 aromatic rings. The first kappa shape index (κ1) is 19.0. The van der Waals surface area contributed by atoms with Crippen LogP contribution in [0.25, 0.3) is 0 Å². The van der Waals surface area contributed by atoms with Gasteiger partial charge in [0.15, 0.2) is 0 Å². The summed E-state index contributed by atoms with van der Waals surface area (Å²) < 4.78 is 0. The number of carbonyl (C=O) groups is 1. The van der Waals surface area contributed by atoms with E-state index in [1.807, 2.05) is 48.5 Å². The van der Waals surface area contributed by atoms with E-state index in [9.17, 15) is 4.79 Å².